The standard InChI is InChI=1S/C7H7F3N2O2/c8-7(9,10)6(13)5(2-1-3-11)4-12-14-6/h4-5,13H,1-2H2. The molecule has 1 rings (SSSR count). The predicted molar refractivity (Wildman–Crippen MR) is 38.9 cm³/mol. The summed E-state index contributed by atoms with van der Waals surface area (Å²) in [4.78, 5) is 3.91. The SMILES string of the molecule is N#CCCC1C=NOC1(O)C(F)(F)F. The minimum Gasteiger partial charge on any atom is -0.350 e. The van der Waals surface area contributed by atoms with Crippen LogP contribution in [0.4, 0.5) is 13.2 Å². The van der Waals surface area contributed by atoms with Crippen molar-refractivity contribution < 1.29 is 23.1 Å². The molecule has 0 radical (unpaired) electrons. The van der Waals surface area contributed by atoms with Gasteiger partial charge in [-0.2, -0.15) is 18.4 Å². The smallest absolute Gasteiger partial charge is 0.350 e. The van der Waals surface area contributed by atoms with E-state index in [2.05, 4.69) is 9.99 Å². The average molecular weight is 208 g/mol. The van der Waals surface area contributed by atoms with E-state index in [1.165, 1.54) is 0 Å². The fourth-order valence-corrected chi connectivity index (χ4v) is 1.11. The second-order valence-electron chi connectivity index (χ2n) is 2.84. The Kier molecular flexibility index (Phi) is 2.66. The second kappa shape index (κ2) is 3.46. The summed E-state index contributed by atoms with van der Waals surface area (Å²) < 4.78 is 36.9. The van der Waals surface area contributed by atoms with E-state index in [1.807, 2.05) is 0 Å². The summed E-state index contributed by atoms with van der Waals surface area (Å²) in [6, 6.07) is 1.69. The van der Waals surface area contributed by atoms with Gasteiger partial charge in [0.1, 0.15) is 0 Å². The van der Waals surface area contributed by atoms with E-state index in [4.69, 9.17) is 10.4 Å². The monoisotopic (exact) mass is 208 g/mol. The average Bonchev–Trinajstić information content (AvgIpc) is 2.44. The van der Waals surface area contributed by atoms with Crippen molar-refractivity contribution in [1.29, 1.82) is 5.26 Å². The first kappa shape index (κ1) is 10.8. The fourth-order valence-electron chi connectivity index (χ4n) is 1.11. The molecule has 1 heterocycles. The first-order chi connectivity index (χ1) is 6.42. The molecule has 0 amide bonds. The Morgan fingerprint density at radius 1 is 1.64 bits per heavy atom. The lowest BCUT2D eigenvalue weighted by molar-refractivity contribution is -0.370. The van der Waals surface area contributed by atoms with Crippen LogP contribution < -0.4 is 0 Å². The van der Waals surface area contributed by atoms with Crippen LogP contribution in [0.15, 0.2) is 5.16 Å². The highest BCUT2D eigenvalue weighted by Crippen LogP contribution is 2.41. The zero-order chi connectivity index (χ0) is 10.8. The summed E-state index contributed by atoms with van der Waals surface area (Å²) in [5.74, 6) is -4.59. The molecular formula is C7H7F3N2O2. The molecule has 0 saturated heterocycles. The Bertz CT molecular complexity index is 284. The minimum absolute atomic E-state index is 0.0988. The molecule has 0 aromatic heterocycles. The number of oxime groups is 1. The number of alkyl halides is 3. The molecule has 0 bridgehead atoms. The van der Waals surface area contributed by atoms with Gasteiger partial charge in [-0.25, -0.2) is 0 Å². The molecule has 4 nitrogen and oxygen atoms in total. The van der Waals surface area contributed by atoms with Gasteiger partial charge in [0.25, 0.3) is 0 Å². The molecule has 1 aliphatic heterocycles. The second-order valence-corrected chi connectivity index (χ2v) is 2.84. The maximum absolute atomic E-state index is 12.3. The molecule has 2 atom stereocenters. The summed E-state index contributed by atoms with van der Waals surface area (Å²) in [5.41, 5.74) is 0. The highest BCUT2D eigenvalue weighted by Gasteiger charge is 2.63. The zero-order valence-electron chi connectivity index (χ0n) is 6.95. The lowest BCUT2D eigenvalue weighted by atomic mass is 9.95. The van der Waals surface area contributed by atoms with Gasteiger partial charge in [-0.3, -0.25) is 0 Å². The molecular weight excluding hydrogens is 201 g/mol. The molecule has 0 saturated carbocycles. The van der Waals surface area contributed by atoms with Crippen LogP contribution in [0.25, 0.3) is 0 Å². The van der Waals surface area contributed by atoms with Crippen molar-refractivity contribution in [3.05, 3.63) is 0 Å². The van der Waals surface area contributed by atoms with Crippen LogP contribution in [0.3, 0.4) is 0 Å². The topological polar surface area (TPSA) is 65.6 Å². The number of hydrogen-bond donors (Lipinski definition) is 1. The largest absolute Gasteiger partial charge is 0.458 e. The van der Waals surface area contributed by atoms with E-state index < -0.39 is 17.9 Å². The van der Waals surface area contributed by atoms with Crippen LogP contribution in [0, 0.1) is 17.2 Å². The molecule has 0 spiro atoms. The first-order valence-electron chi connectivity index (χ1n) is 3.79. The van der Waals surface area contributed by atoms with Crippen molar-refractivity contribution in [1.82, 2.24) is 0 Å². The molecule has 0 fully saturated rings. The lowest BCUT2D eigenvalue weighted by Crippen LogP contribution is -2.50. The lowest BCUT2D eigenvalue weighted by Gasteiger charge is -2.27. The van der Waals surface area contributed by atoms with Gasteiger partial charge in [-0.1, -0.05) is 5.16 Å². The minimum atomic E-state index is -4.91. The predicted octanol–water partition coefficient (Wildman–Crippen LogP) is 1.17. The Morgan fingerprint density at radius 2 is 2.29 bits per heavy atom. The molecule has 1 N–H and O–H groups in total. The van der Waals surface area contributed by atoms with Crippen molar-refractivity contribution in [3.8, 4) is 6.07 Å². The van der Waals surface area contributed by atoms with Gasteiger partial charge in [0.05, 0.1) is 18.2 Å². The number of nitrogens with zero attached hydrogens (tertiary/aromatic N) is 2. The third-order valence-electron chi connectivity index (χ3n) is 1.91. The van der Waals surface area contributed by atoms with Crippen LogP contribution in [0.5, 0.6) is 0 Å². The molecule has 0 aliphatic carbocycles. The van der Waals surface area contributed by atoms with Crippen LogP contribution in [-0.2, 0) is 4.84 Å². The van der Waals surface area contributed by atoms with Gasteiger partial charge in [0.15, 0.2) is 0 Å². The number of aliphatic hydroxyl groups is 1. The molecule has 0 aromatic rings. The van der Waals surface area contributed by atoms with Gasteiger partial charge in [0.2, 0.25) is 0 Å². The van der Waals surface area contributed by atoms with Crippen molar-refractivity contribution >= 4 is 6.21 Å². The summed E-state index contributed by atoms with van der Waals surface area (Å²) in [6.45, 7) is 0. The Balaban J connectivity index is 2.75. The van der Waals surface area contributed by atoms with E-state index >= 15 is 0 Å². The summed E-state index contributed by atoms with van der Waals surface area (Å²) in [7, 11) is 0. The van der Waals surface area contributed by atoms with E-state index in [9.17, 15) is 13.2 Å². The highest BCUT2D eigenvalue weighted by atomic mass is 19.4. The first-order valence-corrected chi connectivity index (χ1v) is 3.79. The van der Waals surface area contributed by atoms with E-state index in [0.29, 0.717) is 0 Å². The third-order valence-corrected chi connectivity index (χ3v) is 1.91. The van der Waals surface area contributed by atoms with E-state index in [1.54, 1.807) is 6.07 Å². The van der Waals surface area contributed by atoms with Crippen LogP contribution in [-0.4, -0.2) is 23.3 Å². The fraction of sp³-hybridized carbons (Fsp3) is 0.714. The molecule has 7 heteroatoms. The van der Waals surface area contributed by atoms with Gasteiger partial charge in [-0.15, -0.1) is 0 Å². The normalized spacial score (nSPS) is 31.2. The van der Waals surface area contributed by atoms with Crippen molar-refractivity contribution in [2.75, 3.05) is 0 Å². The van der Waals surface area contributed by atoms with E-state index in [0.717, 1.165) is 6.21 Å². The number of nitriles is 1. The molecule has 0 aromatic carbocycles. The number of halogens is 3. The van der Waals surface area contributed by atoms with Crippen molar-refractivity contribution in [3.63, 3.8) is 0 Å². The maximum atomic E-state index is 12.3. The van der Waals surface area contributed by atoms with Gasteiger partial charge in [0, 0.05) is 6.42 Å². The summed E-state index contributed by atoms with van der Waals surface area (Å²) >= 11 is 0. The van der Waals surface area contributed by atoms with Crippen LogP contribution in [0.1, 0.15) is 12.8 Å². The van der Waals surface area contributed by atoms with Gasteiger partial charge >= 0.3 is 12.0 Å². The quantitative estimate of drug-likeness (QED) is 0.740. The van der Waals surface area contributed by atoms with E-state index in [-0.39, 0.29) is 12.8 Å². The summed E-state index contributed by atoms with van der Waals surface area (Å²) in [6.07, 6.45) is -4.29. The van der Waals surface area contributed by atoms with Crippen LogP contribution in [0.2, 0.25) is 0 Å². The Morgan fingerprint density at radius 3 is 2.79 bits per heavy atom. The van der Waals surface area contributed by atoms with Gasteiger partial charge < -0.3 is 9.94 Å². The van der Waals surface area contributed by atoms with Gasteiger partial charge in [-0.05, 0) is 6.42 Å². The third kappa shape index (κ3) is 1.65. The Hall–Kier alpha value is -1.29. The molecule has 1 aliphatic rings. The highest BCUT2D eigenvalue weighted by molar-refractivity contribution is 5.63. The van der Waals surface area contributed by atoms with Crippen molar-refractivity contribution in [2.24, 2.45) is 11.1 Å². The zero-order valence-corrected chi connectivity index (χ0v) is 6.95. The van der Waals surface area contributed by atoms with Crippen LogP contribution >= 0.6 is 0 Å². The van der Waals surface area contributed by atoms with Crippen molar-refractivity contribution in [2.45, 2.75) is 24.8 Å². The molecule has 78 valence electrons. The summed E-state index contributed by atoms with van der Waals surface area (Å²) in [5, 5.41) is 20.3. The number of hydrogen-bond acceptors (Lipinski definition) is 4. The Labute approximate surface area is 77.6 Å². The number of rotatable bonds is 2. The molecule has 14 heavy (non-hydrogen) atoms. The molecule has 2 unspecified atom stereocenters. The maximum Gasteiger partial charge on any atom is 0.458 e.